The number of Topliss-reactive ketones (excluding diaryl/α,β-unsaturated/α-hetero) is 1. The molecule has 1 N–H and O–H groups in total. The number of methoxy groups -OCH3 is 2. The van der Waals surface area contributed by atoms with Crippen LogP contribution in [0.4, 0.5) is 0 Å². The molecule has 0 spiro atoms. The molecule has 0 aromatic heterocycles. The molecule has 0 bridgehead atoms. The molecule has 6 unspecified atom stereocenters. The minimum absolute atomic E-state index is 0. The second-order valence-corrected chi connectivity index (χ2v) is 6.68. The van der Waals surface area contributed by atoms with Gasteiger partial charge in [-0.3, -0.25) is 19.2 Å². The van der Waals surface area contributed by atoms with Crippen molar-refractivity contribution in [3.05, 3.63) is 0 Å². The third-order valence-corrected chi connectivity index (χ3v) is 5.06. The number of aliphatic carboxylic acids is 1. The Hall–Kier alpha value is -1.80. The molecule has 31 heavy (non-hydrogen) atoms. The van der Waals surface area contributed by atoms with Crippen molar-refractivity contribution in [3.8, 4) is 0 Å². The van der Waals surface area contributed by atoms with Crippen molar-refractivity contribution in [2.45, 2.75) is 89.4 Å². The number of rotatable bonds is 9. The number of hydrogen-bond donors (Lipinski definition) is 1. The fourth-order valence-electron chi connectivity index (χ4n) is 3.17. The minimum Gasteiger partial charge on any atom is -0.481 e. The zero-order valence-corrected chi connectivity index (χ0v) is 17.2. The average molecular weight is 453 g/mol. The molecule has 1 saturated heterocycles. The molecule has 0 saturated carbocycles. The third-order valence-electron chi connectivity index (χ3n) is 5.06. The molecule has 1 aliphatic rings. The molecule has 0 aromatic carbocycles. The van der Waals surface area contributed by atoms with Crippen molar-refractivity contribution in [2.75, 3.05) is 14.2 Å². The first-order valence-electron chi connectivity index (χ1n) is 9.11. The largest absolute Gasteiger partial charge is 0.481 e. The molecule has 1 rings (SSSR count). The summed E-state index contributed by atoms with van der Waals surface area (Å²) in [7, 11) is 3.01. The van der Waals surface area contributed by atoms with Crippen molar-refractivity contribution < 1.29 is 38.5 Å². The Morgan fingerprint density at radius 1 is 1.00 bits per heavy atom. The Bertz CT molecular complexity index is 524. The fraction of sp³-hybridized carbons (Fsp3) is 0.826. The second kappa shape index (κ2) is 18.9. The van der Waals surface area contributed by atoms with Crippen LogP contribution in [-0.4, -0.2) is 55.2 Å². The van der Waals surface area contributed by atoms with E-state index in [0.717, 1.165) is 0 Å². The molecule has 8 heteroatoms. The standard InChI is InChI=1S/C10H18O4.C9H14O4.4CH4/c1-5-8(14-4)9(10(12)13)6(2)7(3)11;1-4-6(12-3)7-5(2)8(10)13-9(7)11;;;;/h6,8-9H,5H2,1-4H3,(H,12,13);5-7H,4H2,1-3H3;4*1H4. The van der Waals surface area contributed by atoms with E-state index < -0.39 is 41.8 Å². The molecule has 0 aromatic rings. The predicted molar refractivity (Wildman–Crippen MR) is 124 cm³/mol. The van der Waals surface area contributed by atoms with Gasteiger partial charge in [0.1, 0.15) is 5.78 Å². The average Bonchev–Trinajstić information content (AvgIpc) is 2.86. The smallest absolute Gasteiger partial charge is 0.320 e. The van der Waals surface area contributed by atoms with Gasteiger partial charge in [0, 0.05) is 20.1 Å². The number of hydrogen-bond acceptors (Lipinski definition) is 7. The van der Waals surface area contributed by atoms with Crippen molar-refractivity contribution in [2.24, 2.45) is 23.7 Å². The van der Waals surface area contributed by atoms with Gasteiger partial charge in [0.15, 0.2) is 0 Å². The highest BCUT2D eigenvalue weighted by atomic mass is 16.6. The highest BCUT2D eigenvalue weighted by Crippen LogP contribution is 2.28. The molecular formula is C23H48O8. The van der Waals surface area contributed by atoms with Crippen molar-refractivity contribution in [1.29, 1.82) is 0 Å². The maximum absolute atomic E-state index is 11.2. The normalized spacial score (nSPS) is 20.5. The van der Waals surface area contributed by atoms with E-state index in [0.29, 0.717) is 12.8 Å². The SMILES string of the molecule is C.C.C.C.CCC(OC)C(C(=O)O)C(C)C(C)=O.CCC(OC)C1C(=O)OC(=O)C1C. The number of ketones is 1. The predicted octanol–water partition coefficient (Wildman–Crippen LogP) is 4.63. The van der Waals surface area contributed by atoms with Crippen molar-refractivity contribution in [1.82, 2.24) is 0 Å². The highest BCUT2D eigenvalue weighted by molar-refractivity contribution is 5.96. The molecule has 6 atom stereocenters. The van der Waals surface area contributed by atoms with E-state index in [1.54, 1.807) is 13.8 Å². The van der Waals surface area contributed by atoms with E-state index in [2.05, 4.69) is 4.74 Å². The summed E-state index contributed by atoms with van der Waals surface area (Å²) in [6.45, 7) is 8.49. The van der Waals surface area contributed by atoms with E-state index in [4.69, 9.17) is 14.6 Å². The molecule has 1 aliphatic heterocycles. The first-order valence-corrected chi connectivity index (χ1v) is 9.11. The molecule has 188 valence electrons. The molecule has 1 heterocycles. The molecule has 8 nitrogen and oxygen atoms in total. The topological polar surface area (TPSA) is 116 Å². The van der Waals surface area contributed by atoms with E-state index >= 15 is 0 Å². The van der Waals surface area contributed by atoms with Gasteiger partial charge in [0.2, 0.25) is 0 Å². The number of cyclic esters (lactones) is 2. The van der Waals surface area contributed by atoms with Gasteiger partial charge in [-0.25, -0.2) is 0 Å². The molecule has 1 fully saturated rings. The number of ether oxygens (including phenoxy) is 3. The summed E-state index contributed by atoms with van der Waals surface area (Å²) in [6, 6.07) is 0. The monoisotopic (exact) mass is 452 g/mol. The van der Waals surface area contributed by atoms with Crippen LogP contribution in [-0.2, 0) is 33.4 Å². The van der Waals surface area contributed by atoms with E-state index in [1.165, 1.54) is 21.1 Å². The van der Waals surface area contributed by atoms with Crippen LogP contribution >= 0.6 is 0 Å². The van der Waals surface area contributed by atoms with E-state index in [-0.39, 0.29) is 47.5 Å². The van der Waals surface area contributed by atoms with Crippen LogP contribution in [0.3, 0.4) is 0 Å². The van der Waals surface area contributed by atoms with Gasteiger partial charge in [-0.05, 0) is 19.8 Å². The molecule has 0 aliphatic carbocycles. The van der Waals surface area contributed by atoms with Gasteiger partial charge >= 0.3 is 17.9 Å². The first-order chi connectivity index (χ1) is 12.6. The number of carboxylic acid groups (broad SMARTS) is 1. The first kappa shape index (κ1) is 39.7. The Morgan fingerprint density at radius 2 is 1.48 bits per heavy atom. The van der Waals surface area contributed by atoms with Gasteiger partial charge in [-0.1, -0.05) is 57.4 Å². The summed E-state index contributed by atoms with van der Waals surface area (Å²) >= 11 is 0. The van der Waals surface area contributed by atoms with Crippen molar-refractivity contribution in [3.63, 3.8) is 0 Å². The van der Waals surface area contributed by atoms with Crippen LogP contribution < -0.4 is 0 Å². The third kappa shape index (κ3) is 10.9. The quantitative estimate of drug-likeness (QED) is 0.397. The van der Waals surface area contributed by atoms with Crippen LogP contribution in [0.15, 0.2) is 0 Å². The van der Waals surface area contributed by atoms with Crippen LogP contribution in [0.5, 0.6) is 0 Å². The zero-order chi connectivity index (χ0) is 21.3. The summed E-state index contributed by atoms with van der Waals surface area (Å²) in [5.74, 6) is -4.04. The molecule has 0 amide bonds. The lowest BCUT2D eigenvalue weighted by molar-refractivity contribution is -0.155. The second-order valence-electron chi connectivity index (χ2n) is 6.68. The lowest BCUT2D eigenvalue weighted by Crippen LogP contribution is -2.37. The van der Waals surface area contributed by atoms with Gasteiger partial charge in [-0.15, -0.1) is 0 Å². The highest BCUT2D eigenvalue weighted by Gasteiger charge is 2.45. The van der Waals surface area contributed by atoms with Gasteiger partial charge < -0.3 is 19.3 Å². The summed E-state index contributed by atoms with van der Waals surface area (Å²) in [5, 5.41) is 8.99. The minimum atomic E-state index is -0.971. The summed E-state index contributed by atoms with van der Waals surface area (Å²) in [5.41, 5.74) is 0. The number of esters is 2. The Morgan fingerprint density at radius 3 is 1.71 bits per heavy atom. The maximum Gasteiger partial charge on any atom is 0.320 e. The van der Waals surface area contributed by atoms with Gasteiger partial charge in [0.05, 0.1) is 30.0 Å². The zero-order valence-electron chi connectivity index (χ0n) is 17.2. The number of carbonyl (C=O) groups excluding carboxylic acids is 3. The van der Waals surface area contributed by atoms with Crippen molar-refractivity contribution >= 4 is 23.7 Å². The van der Waals surface area contributed by atoms with Gasteiger partial charge in [-0.2, -0.15) is 0 Å². The van der Waals surface area contributed by atoms with Crippen LogP contribution in [0, 0.1) is 23.7 Å². The Kier molecular flexibility index (Phi) is 24.2. The van der Waals surface area contributed by atoms with Crippen LogP contribution in [0.25, 0.3) is 0 Å². The summed E-state index contributed by atoms with van der Waals surface area (Å²) in [4.78, 5) is 44.3. The summed E-state index contributed by atoms with van der Waals surface area (Å²) in [6.07, 6.45) is 0.680. The van der Waals surface area contributed by atoms with E-state index in [9.17, 15) is 19.2 Å². The molecule has 0 radical (unpaired) electrons. The Labute approximate surface area is 190 Å². The van der Waals surface area contributed by atoms with Crippen LogP contribution in [0.2, 0.25) is 0 Å². The Balaban J connectivity index is -0.000000129. The van der Waals surface area contributed by atoms with E-state index in [1.807, 2.05) is 13.8 Å². The maximum atomic E-state index is 11.2. The summed E-state index contributed by atoms with van der Waals surface area (Å²) < 4.78 is 14.7. The lowest BCUT2D eigenvalue weighted by Gasteiger charge is -2.25. The fourth-order valence-corrected chi connectivity index (χ4v) is 3.17. The lowest BCUT2D eigenvalue weighted by atomic mass is 9.85. The molecular weight excluding hydrogens is 404 g/mol. The number of carboxylic acids is 1. The van der Waals surface area contributed by atoms with Gasteiger partial charge in [0.25, 0.3) is 0 Å². The number of carbonyl (C=O) groups is 4. The van der Waals surface area contributed by atoms with Crippen LogP contribution in [0.1, 0.15) is 77.2 Å².